The maximum atomic E-state index is 5.10. The van der Waals surface area contributed by atoms with E-state index in [1.165, 1.54) is 15.5 Å². The van der Waals surface area contributed by atoms with E-state index >= 15 is 0 Å². The van der Waals surface area contributed by atoms with Crippen molar-refractivity contribution in [2.45, 2.75) is 0 Å². The zero-order valence-corrected chi connectivity index (χ0v) is 27.5. The topological polar surface area (TPSA) is 56.5 Å². The van der Waals surface area contributed by atoms with Crippen LogP contribution in [0.4, 0.5) is 0 Å². The molecule has 0 spiro atoms. The number of benzene rings is 7. The van der Waals surface area contributed by atoms with E-state index in [1.54, 1.807) is 11.3 Å². The molecule has 7 aromatic carbocycles. The lowest BCUT2D eigenvalue weighted by molar-refractivity contribution is 1.08. The van der Waals surface area contributed by atoms with Gasteiger partial charge in [0.05, 0.1) is 26.9 Å². The predicted molar refractivity (Wildman–Crippen MR) is 207 cm³/mol. The van der Waals surface area contributed by atoms with Gasteiger partial charge in [-0.1, -0.05) is 127 Å². The molecule has 50 heavy (non-hydrogen) atoms. The molecule has 10 aromatic rings. The standard InChI is InChI=1S/C44H27N5S/c1-3-14-28(15-4-1)41-46-42(29-16-5-2-6-17-29)48-43(47-41)34-26-27-38(31-19-8-7-18-30(31)34)49-37-24-11-9-20-32(37)33-21-13-22-35(40(33)49)44-45-36-23-10-12-25-39(36)50-44/h1-27H. The second kappa shape index (κ2) is 11.6. The van der Waals surface area contributed by atoms with Gasteiger partial charge in [0.1, 0.15) is 5.01 Å². The van der Waals surface area contributed by atoms with Gasteiger partial charge in [0.2, 0.25) is 0 Å². The van der Waals surface area contributed by atoms with Crippen molar-refractivity contribution in [2.24, 2.45) is 0 Å². The Morgan fingerprint density at radius 2 is 1.00 bits per heavy atom. The van der Waals surface area contributed by atoms with Crippen LogP contribution >= 0.6 is 11.3 Å². The van der Waals surface area contributed by atoms with Gasteiger partial charge in [0.25, 0.3) is 0 Å². The van der Waals surface area contributed by atoms with Crippen LogP contribution in [0.15, 0.2) is 164 Å². The lowest BCUT2D eigenvalue weighted by Gasteiger charge is -2.16. The van der Waals surface area contributed by atoms with Crippen molar-refractivity contribution in [1.82, 2.24) is 24.5 Å². The molecule has 5 nitrogen and oxygen atoms in total. The van der Waals surface area contributed by atoms with Gasteiger partial charge in [-0.15, -0.1) is 11.3 Å². The quantitative estimate of drug-likeness (QED) is 0.185. The van der Waals surface area contributed by atoms with Crippen LogP contribution in [0.25, 0.3) is 93.2 Å². The van der Waals surface area contributed by atoms with Gasteiger partial charge in [0, 0.05) is 38.4 Å². The second-order valence-corrected chi connectivity index (χ2v) is 13.3. The zero-order chi connectivity index (χ0) is 33.0. The summed E-state index contributed by atoms with van der Waals surface area (Å²) >= 11 is 1.73. The first kappa shape index (κ1) is 28.5. The molecule has 0 fully saturated rings. The van der Waals surface area contributed by atoms with E-state index in [0.717, 1.165) is 60.3 Å². The lowest BCUT2D eigenvalue weighted by Crippen LogP contribution is -2.02. The number of thiazole rings is 1. The minimum absolute atomic E-state index is 0.637. The van der Waals surface area contributed by atoms with E-state index in [-0.39, 0.29) is 0 Å². The fraction of sp³-hybridized carbons (Fsp3) is 0. The van der Waals surface area contributed by atoms with Crippen molar-refractivity contribution in [3.05, 3.63) is 164 Å². The van der Waals surface area contributed by atoms with Crippen molar-refractivity contribution in [3.63, 3.8) is 0 Å². The average Bonchev–Trinajstić information content (AvgIpc) is 3.78. The van der Waals surface area contributed by atoms with Crippen molar-refractivity contribution in [3.8, 4) is 50.4 Å². The zero-order valence-electron chi connectivity index (χ0n) is 26.7. The first-order valence-corrected chi connectivity index (χ1v) is 17.4. The Hall–Kier alpha value is -6.50. The third kappa shape index (κ3) is 4.61. The molecule has 0 saturated carbocycles. The summed E-state index contributed by atoms with van der Waals surface area (Å²) in [5.41, 5.74) is 8.35. The molecule has 0 aliphatic carbocycles. The number of nitrogens with zero attached hydrogens (tertiary/aromatic N) is 5. The van der Waals surface area contributed by atoms with Gasteiger partial charge in [-0.2, -0.15) is 0 Å². The molecule has 0 aliphatic rings. The smallest absolute Gasteiger partial charge is 0.164 e. The Morgan fingerprint density at radius 1 is 0.400 bits per heavy atom. The van der Waals surface area contributed by atoms with Gasteiger partial charge in [-0.3, -0.25) is 0 Å². The minimum atomic E-state index is 0.637. The fourth-order valence-electron chi connectivity index (χ4n) is 7.03. The third-order valence-electron chi connectivity index (χ3n) is 9.30. The lowest BCUT2D eigenvalue weighted by atomic mass is 10.0. The molecule has 0 amide bonds. The Bertz CT molecular complexity index is 2780. The van der Waals surface area contributed by atoms with Gasteiger partial charge >= 0.3 is 0 Å². The van der Waals surface area contributed by atoms with Crippen molar-refractivity contribution >= 4 is 54.1 Å². The van der Waals surface area contributed by atoms with Crippen molar-refractivity contribution in [1.29, 1.82) is 0 Å². The molecule has 234 valence electrons. The van der Waals surface area contributed by atoms with Crippen LogP contribution in [0, 0.1) is 0 Å². The molecule has 10 rings (SSSR count). The van der Waals surface area contributed by atoms with Gasteiger partial charge in [-0.25, -0.2) is 19.9 Å². The summed E-state index contributed by atoms with van der Waals surface area (Å²) in [7, 11) is 0. The van der Waals surface area contributed by atoms with Crippen molar-refractivity contribution in [2.75, 3.05) is 0 Å². The number of rotatable bonds is 5. The average molecular weight is 658 g/mol. The van der Waals surface area contributed by atoms with E-state index < -0.39 is 0 Å². The maximum absolute atomic E-state index is 5.10. The number of hydrogen-bond acceptors (Lipinski definition) is 5. The first-order chi connectivity index (χ1) is 24.8. The summed E-state index contributed by atoms with van der Waals surface area (Å²) in [5, 5.41) is 5.58. The number of aromatic nitrogens is 5. The Kier molecular flexibility index (Phi) is 6.60. The molecule has 0 unspecified atom stereocenters. The van der Waals surface area contributed by atoms with Crippen LogP contribution < -0.4 is 0 Å². The van der Waals surface area contributed by atoms with Crippen LogP contribution in [0.5, 0.6) is 0 Å². The van der Waals surface area contributed by atoms with Crippen LogP contribution in [-0.4, -0.2) is 24.5 Å². The van der Waals surface area contributed by atoms with E-state index in [2.05, 4.69) is 108 Å². The van der Waals surface area contributed by atoms with Gasteiger partial charge in [-0.05, 0) is 41.8 Å². The predicted octanol–water partition coefficient (Wildman–Crippen LogP) is 11.4. The summed E-state index contributed by atoms with van der Waals surface area (Å²) < 4.78 is 3.59. The molecule has 6 heteroatoms. The van der Waals surface area contributed by atoms with E-state index in [4.69, 9.17) is 19.9 Å². The van der Waals surface area contributed by atoms with Crippen LogP contribution in [-0.2, 0) is 0 Å². The molecule has 0 atom stereocenters. The third-order valence-corrected chi connectivity index (χ3v) is 10.4. The van der Waals surface area contributed by atoms with Crippen LogP contribution in [0.1, 0.15) is 0 Å². The summed E-state index contributed by atoms with van der Waals surface area (Å²) in [5.74, 6) is 1.92. The Balaban J connectivity index is 1.24. The summed E-state index contributed by atoms with van der Waals surface area (Å²) in [6.07, 6.45) is 0. The molecule has 3 aromatic heterocycles. The van der Waals surface area contributed by atoms with Crippen LogP contribution in [0.2, 0.25) is 0 Å². The highest BCUT2D eigenvalue weighted by Gasteiger charge is 2.21. The highest BCUT2D eigenvalue weighted by atomic mass is 32.1. The van der Waals surface area contributed by atoms with Crippen LogP contribution in [0.3, 0.4) is 0 Å². The number of fused-ring (bicyclic) bond motifs is 5. The molecule has 0 saturated heterocycles. The normalized spacial score (nSPS) is 11.6. The van der Waals surface area contributed by atoms with Crippen molar-refractivity contribution < 1.29 is 0 Å². The Labute approximate surface area is 291 Å². The number of para-hydroxylation sites is 3. The molecular formula is C44H27N5S. The largest absolute Gasteiger partial charge is 0.308 e. The van der Waals surface area contributed by atoms with E-state index in [1.807, 2.05) is 60.7 Å². The molecule has 0 N–H and O–H groups in total. The molecular weight excluding hydrogens is 631 g/mol. The number of hydrogen-bond donors (Lipinski definition) is 0. The first-order valence-electron chi connectivity index (χ1n) is 16.6. The highest BCUT2D eigenvalue weighted by Crippen LogP contribution is 2.42. The van der Waals surface area contributed by atoms with Gasteiger partial charge < -0.3 is 4.57 Å². The summed E-state index contributed by atoms with van der Waals surface area (Å²) in [4.78, 5) is 20.2. The maximum Gasteiger partial charge on any atom is 0.164 e. The second-order valence-electron chi connectivity index (χ2n) is 12.3. The van der Waals surface area contributed by atoms with E-state index in [9.17, 15) is 0 Å². The minimum Gasteiger partial charge on any atom is -0.308 e. The Morgan fingerprint density at radius 3 is 1.74 bits per heavy atom. The fourth-order valence-corrected chi connectivity index (χ4v) is 8.02. The summed E-state index contributed by atoms with van der Waals surface area (Å²) in [6, 6.07) is 56.8. The van der Waals surface area contributed by atoms with Gasteiger partial charge in [0.15, 0.2) is 17.5 Å². The molecule has 0 bridgehead atoms. The molecule has 0 aliphatic heterocycles. The monoisotopic (exact) mass is 657 g/mol. The summed E-state index contributed by atoms with van der Waals surface area (Å²) in [6.45, 7) is 0. The molecule has 3 heterocycles. The van der Waals surface area contributed by atoms with E-state index in [0.29, 0.717) is 17.5 Å². The molecule has 0 radical (unpaired) electrons. The highest BCUT2D eigenvalue weighted by molar-refractivity contribution is 7.21. The SMILES string of the molecule is c1ccc(-c2nc(-c3ccccc3)nc(-c3ccc(-n4c5ccccc5c5cccc(-c6nc7ccccc7s6)c54)c4ccccc34)n2)cc1.